The molecular formula is C20H34O17. The normalized spacial score (nSPS) is 47.9. The van der Waals surface area contributed by atoms with E-state index >= 15 is 0 Å². The molecule has 0 bridgehead atoms. The predicted octanol–water partition coefficient (Wildman–Crippen LogP) is -7.26. The number of carbonyl (C=O) groups excluding carboxylic acids is 1. The molecule has 17 nitrogen and oxygen atoms in total. The van der Waals surface area contributed by atoms with Crippen molar-refractivity contribution in [1.82, 2.24) is 0 Å². The number of aliphatic hydroxyl groups excluding tert-OH is 9. The molecule has 0 aromatic rings. The molecule has 0 radical (unpaired) electrons. The van der Waals surface area contributed by atoms with Gasteiger partial charge in [0, 0.05) is 6.42 Å². The van der Waals surface area contributed by atoms with Crippen molar-refractivity contribution in [1.29, 1.82) is 0 Å². The van der Waals surface area contributed by atoms with E-state index in [0.29, 0.717) is 0 Å². The van der Waals surface area contributed by atoms with Gasteiger partial charge in [0.1, 0.15) is 61.0 Å². The highest BCUT2D eigenvalue weighted by Gasteiger charge is 2.78. The summed E-state index contributed by atoms with van der Waals surface area (Å²) in [5, 5.41) is 110. The quantitative estimate of drug-likeness (QED) is 0.107. The van der Waals surface area contributed by atoms with E-state index in [2.05, 4.69) is 4.74 Å². The molecule has 216 valence electrons. The standard InChI is InChI=1S/C20H34O17/c1-2-9(23)19(31)20(32,37-19)16(30)6(22)4-33-17-15(29)13(27)11(25)8(36-17)5-34-18-14(28)12(26)10(24)7(3-21)35-18/h6-8,10-18,21-22,24-32H,2-5H2,1H3/t6-,7-,8-,10-,11-,12+,13+,14-,15-,16-,17+,18+,19-,20+/m1/s1. The molecule has 0 aromatic carbocycles. The number of aliphatic hydroxyl groups is 11. The Balaban J connectivity index is 1.57. The van der Waals surface area contributed by atoms with Crippen LogP contribution in [0, 0.1) is 0 Å². The molecule has 0 aromatic heterocycles. The molecule has 3 aliphatic rings. The maximum absolute atomic E-state index is 11.7. The minimum absolute atomic E-state index is 0.243. The second-order valence-electron chi connectivity index (χ2n) is 9.11. The summed E-state index contributed by atoms with van der Waals surface area (Å²) in [6.07, 6.45) is -21.2. The Morgan fingerprint density at radius 1 is 0.838 bits per heavy atom. The van der Waals surface area contributed by atoms with Gasteiger partial charge in [-0.15, -0.1) is 0 Å². The maximum atomic E-state index is 11.7. The van der Waals surface area contributed by atoms with E-state index in [0.717, 1.165) is 0 Å². The van der Waals surface area contributed by atoms with E-state index in [1.54, 1.807) is 0 Å². The molecule has 37 heavy (non-hydrogen) atoms. The zero-order valence-electron chi connectivity index (χ0n) is 19.6. The minimum Gasteiger partial charge on any atom is -0.394 e. The van der Waals surface area contributed by atoms with Gasteiger partial charge in [0.05, 0.1) is 19.8 Å². The van der Waals surface area contributed by atoms with Crippen molar-refractivity contribution in [3.05, 3.63) is 0 Å². The van der Waals surface area contributed by atoms with E-state index in [4.69, 9.17) is 18.9 Å². The van der Waals surface area contributed by atoms with Crippen molar-refractivity contribution < 1.29 is 84.7 Å². The molecule has 3 saturated heterocycles. The van der Waals surface area contributed by atoms with Crippen LogP contribution < -0.4 is 0 Å². The Morgan fingerprint density at radius 2 is 1.35 bits per heavy atom. The van der Waals surface area contributed by atoms with E-state index in [1.807, 2.05) is 0 Å². The maximum Gasteiger partial charge on any atom is 0.288 e. The van der Waals surface area contributed by atoms with Crippen molar-refractivity contribution in [3.8, 4) is 0 Å². The molecule has 3 heterocycles. The number of hydrogen-bond acceptors (Lipinski definition) is 17. The Morgan fingerprint density at radius 3 is 1.89 bits per heavy atom. The number of carbonyl (C=O) groups is 1. The summed E-state index contributed by atoms with van der Waals surface area (Å²) in [5.74, 6) is -6.49. The first-order valence-electron chi connectivity index (χ1n) is 11.5. The van der Waals surface area contributed by atoms with Gasteiger partial charge in [-0.2, -0.15) is 0 Å². The molecule has 0 spiro atoms. The second-order valence-corrected chi connectivity index (χ2v) is 9.11. The van der Waals surface area contributed by atoms with Crippen LogP contribution in [0.15, 0.2) is 0 Å². The molecule has 3 aliphatic heterocycles. The van der Waals surface area contributed by atoms with Crippen molar-refractivity contribution in [3.63, 3.8) is 0 Å². The number of rotatable bonds is 11. The van der Waals surface area contributed by atoms with Crippen molar-refractivity contribution >= 4 is 5.78 Å². The van der Waals surface area contributed by atoms with Gasteiger partial charge in [-0.05, 0) is 0 Å². The predicted molar refractivity (Wildman–Crippen MR) is 111 cm³/mol. The third-order valence-electron chi connectivity index (χ3n) is 6.58. The fourth-order valence-electron chi connectivity index (χ4n) is 4.09. The number of Topliss-reactive ketones (excluding diaryl/α,β-unsaturated/α-hetero) is 1. The van der Waals surface area contributed by atoms with E-state index < -0.39 is 111 Å². The number of epoxide rings is 1. The second kappa shape index (κ2) is 11.6. The van der Waals surface area contributed by atoms with Gasteiger partial charge in [-0.25, -0.2) is 0 Å². The number of ether oxygens (including phenoxy) is 5. The summed E-state index contributed by atoms with van der Waals surface area (Å²) in [4.78, 5) is 11.7. The summed E-state index contributed by atoms with van der Waals surface area (Å²) in [5.41, 5.74) is 0. The summed E-state index contributed by atoms with van der Waals surface area (Å²) >= 11 is 0. The third-order valence-corrected chi connectivity index (χ3v) is 6.58. The van der Waals surface area contributed by atoms with Crippen LogP contribution in [0.4, 0.5) is 0 Å². The molecule has 3 rings (SSSR count). The molecule has 14 atom stereocenters. The number of hydrogen-bond donors (Lipinski definition) is 11. The third kappa shape index (κ3) is 5.68. The molecular weight excluding hydrogens is 512 g/mol. The van der Waals surface area contributed by atoms with Crippen LogP contribution in [-0.2, 0) is 28.5 Å². The van der Waals surface area contributed by atoms with E-state index in [9.17, 15) is 61.0 Å². The van der Waals surface area contributed by atoms with Crippen LogP contribution >= 0.6 is 0 Å². The van der Waals surface area contributed by atoms with E-state index in [-0.39, 0.29) is 6.42 Å². The highest BCUT2D eigenvalue weighted by molar-refractivity contribution is 5.89. The van der Waals surface area contributed by atoms with Gasteiger partial charge < -0.3 is 75.1 Å². The van der Waals surface area contributed by atoms with Gasteiger partial charge in [0.2, 0.25) is 0 Å². The van der Waals surface area contributed by atoms with Crippen LogP contribution in [0.2, 0.25) is 0 Å². The van der Waals surface area contributed by atoms with Crippen LogP contribution in [0.5, 0.6) is 0 Å². The van der Waals surface area contributed by atoms with Gasteiger partial charge in [0.15, 0.2) is 18.4 Å². The Bertz CT molecular complexity index is 784. The van der Waals surface area contributed by atoms with Gasteiger partial charge >= 0.3 is 0 Å². The fourth-order valence-corrected chi connectivity index (χ4v) is 4.09. The first-order valence-corrected chi connectivity index (χ1v) is 11.5. The average molecular weight is 546 g/mol. The SMILES string of the molecule is CCC(=O)[C@@]1(O)O[C@@]1(O)[C@H](O)[C@H](O)CO[C@H]1O[C@H](CO[C@H]2O[C@H](CO)[C@@H](O)[C@H](O)[C@H]2O)[C@@H](O)[C@H](O)[C@H]1O. The van der Waals surface area contributed by atoms with Gasteiger partial charge in [-0.3, -0.25) is 9.53 Å². The van der Waals surface area contributed by atoms with Crippen molar-refractivity contribution in [2.45, 2.75) is 98.5 Å². The largest absolute Gasteiger partial charge is 0.394 e. The zero-order valence-corrected chi connectivity index (χ0v) is 19.6. The minimum atomic E-state index is -2.81. The summed E-state index contributed by atoms with van der Waals surface area (Å²) in [7, 11) is 0. The van der Waals surface area contributed by atoms with Crippen LogP contribution in [0.25, 0.3) is 0 Å². The Kier molecular flexibility index (Phi) is 9.62. The van der Waals surface area contributed by atoms with Crippen molar-refractivity contribution in [2.24, 2.45) is 0 Å². The smallest absolute Gasteiger partial charge is 0.288 e. The molecule has 0 amide bonds. The topological polar surface area (TPSA) is 289 Å². The Hall–Kier alpha value is -0.970. The zero-order chi connectivity index (χ0) is 27.9. The molecule has 0 aliphatic carbocycles. The number of ketones is 1. The molecule has 3 fully saturated rings. The van der Waals surface area contributed by atoms with Crippen LogP contribution in [0.3, 0.4) is 0 Å². The first kappa shape index (κ1) is 30.6. The molecule has 0 saturated carbocycles. The average Bonchev–Trinajstić information content (AvgIpc) is 3.47. The lowest BCUT2D eigenvalue weighted by atomic mass is 9.98. The molecule has 17 heteroatoms. The molecule has 11 N–H and O–H groups in total. The summed E-state index contributed by atoms with van der Waals surface area (Å²) in [6, 6.07) is 0. The van der Waals surface area contributed by atoms with Crippen LogP contribution in [-0.4, -0.2) is 167 Å². The van der Waals surface area contributed by atoms with Gasteiger partial charge in [0.25, 0.3) is 11.6 Å². The fraction of sp³-hybridized carbons (Fsp3) is 0.950. The van der Waals surface area contributed by atoms with E-state index in [1.165, 1.54) is 6.92 Å². The monoisotopic (exact) mass is 546 g/mol. The molecule has 0 unspecified atom stereocenters. The highest BCUT2D eigenvalue weighted by atomic mass is 16.8. The highest BCUT2D eigenvalue weighted by Crippen LogP contribution is 2.48. The van der Waals surface area contributed by atoms with Crippen molar-refractivity contribution in [2.75, 3.05) is 19.8 Å². The lowest BCUT2D eigenvalue weighted by Gasteiger charge is -2.42. The first-order chi connectivity index (χ1) is 17.2. The van der Waals surface area contributed by atoms with Crippen LogP contribution in [0.1, 0.15) is 13.3 Å². The summed E-state index contributed by atoms with van der Waals surface area (Å²) in [6.45, 7) is -0.855. The van der Waals surface area contributed by atoms with Gasteiger partial charge in [-0.1, -0.05) is 6.92 Å². The summed E-state index contributed by atoms with van der Waals surface area (Å²) < 4.78 is 25.5. The lowest BCUT2D eigenvalue weighted by Crippen LogP contribution is -2.62. The Labute approximate surface area is 209 Å². The lowest BCUT2D eigenvalue weighted by molar-refractivity contribution is -0.333.